The molecular weight excluding hydrogens is 116 g/mol. The van der Waals surface area contributed by atoms with Crippen LogP contribution in [0.3, 0.4) is 0 Å². The second-order valence-corrected chi connectivity index (χ2v) is 2.28. The molecule has 2 nitrogen and oxygen atoms in total. The zero-order valence-electron chi connectivity index (χ0n) is 5.42. The number of ether oxygens (including phenoxy) is 1. The average molecular weight is 128 g/mol. The van der Waals surface area contributed by atoms with E-state index in [1.165, 1.54) is 0 Å². The smallest absolute Gasteiger partial charge is 0.101 e. The van der Waals surface area contributed by atoms with Crippen molar-refractivity contribution in [1.82, 2.24) is 0 Å². The Morgan fingerprint density at radius 1 is 1.67 bits per heavy atom. The molecule has 0 aromatic heterocycles. The van der Waals surface area contributed by atoms with Gasteiger partial charge in [-0.05, 0) is 12.8 Å². The summed E-state index contributed by atoms with van der Waals surface area (Å²) in [6.45, 7) is 4.31. The maximum atomic E-state index is 9.17. The minimum Gasteiger partial charge on any atom is -0.390 e. The van der Waals surface area contributed by atoms with Crippen molar-refractivity contribution in [1.29, 1.82) is 0 Å². The van der Waals surface area contributed by atoms with E-state index in [1.54, 1.807) is 6.08 Å². The Balaban J connectivity index is 2.38. The Hall–Kier alpha value is -0.340. The van der Waals surface area contributed by atoms with E-state index in [1.807, 2.05) is 0 Å². The first kappa shape index (κ1) is 6.78. The van der Waals surface area contributed by atoms with Crippen LogP contribution in [0.25, 0.3) is 0 Å². The van der Waals surface area contributed by atoms with Gasteiger partial charge in [-0.25, -0.2) is 0 Å². The molecular formula is C7H12O2. The van der Waals surface area contributed by atoms with Gasteiger partial charge in [-0.2, -0.15) is 0 Å². The molecule has 1 saturated heterocycles. The van der Waals surface area contributed by atoms with Crippen molar-refractivity contribution in [3.8, 4) is 0 Å². The molecule has 0 saturated carbocycles. The predicted octanol–water partition coefficient (Wildman–Crippen LogP) is 0.712. The molecule has 1 rings (SSSR count). The highest BCUT2D eigenvalue weighted by Gasteiger charge is 2.19. The molecule has 1 aliphatic rings. The van der Waals surface area contributed by atoms with E-state index in [2.05, 4.69) is 6.58 Å². The fourth-order valence-electron chi connectivity index (χ4n) is 1.01. The van der Waals surface area contributed by atoms with Gasteiger partial charge in [0, 0.05) is 6.61 Å². The summed E-state index contributed by atoms with van der Waals surface area (Å²) in [6, 6.07) is 0. The van der Waals surface area contributed by atoms with Crippen LogP contribution in [0.2, 0.25) is 0 Å². The first-order valence-corrected chi connectivity index (χ1v) is 3.27. The Morgan fingerprint density at radius 3 is 2.89 bits per heavy atom. The molecule has 0 radical (unpaired) electrons. The lowest BCUT2D eigenvalue weighted by Crippen LogP contribution is -2.31. The highest BCUT2D eigenvalue weighted by atomic mass is 16.5. The zero-order chi connectivity index (χ0) is 6.69. The lowest BCUT2D eigenvalue weighted by molar-refractivity contribution is -0.0481. The van der Waals surface area contributed by atoms with E-state index in [-0.39, 0.29) is 12.2 Å². The Morgan fingerprint density at radius 2 is 2.44 bits per heavy atom. The fourth-order valence-corrected chi connectivity index (χ4v) is 1.01. The monoisotopic (exact) mass is 128 g/mol. The van der Waals surface area contributed by atoms with Crippen LogP contribution >= 0.6 is 0 Å². The molecule has 1 aliphatic heterocycles. The summed E-state index contributed by atoms with van der Waals surface area (Å²) < 4.78 is 5.17. The summed E-state index contributed by atoms with van der Waals surface area (Å²) in [5.41, 5.74) is 0. The molecule has 0 bridgehead atoms. The van der Waals surface area contributed by atoms with Gasteiger partial charge in [0.1, 0.15) is 6.10 Å². The number of rotatable bonds is 1. The molecule has 1 heterocycles. The molecule has 1 N–H and O–H groups in total. The summed E-state index contributed by atoms with van der Waals surface area (Å²) in [4.78, 5) is 0. The minimum atomic E-state index is -0.323. The fraction of sp³-hybridized carbons (Fsp3) is 0.714. The topological polar surface area (TPSA) is 29.5 Å². The standard InChI is InChI=1S/C7H12O2/c1-2-7-6(8)4-3-5-9-7/h2,6-8H,1,3-5H2/t6-,7+/m0/s1. The molecule has 0 aromatic carbocycles. The molecule has 2 heteroatoms. The minimum absolute atomic E-state index is 0.126. The highest BCUT2D eigenvalue weighted by Crippen LogP contribution is 2.13. The summed E-state index contributed by atoms with van der Waals surface area (Å²) in [5.74, 6) is 0. The molecule has 0 spiro atoms. The lowest BCUT2D eigenvalue weighted by atomic mass is 10.1. The average Bonchev–Trinajstić information content (AvgIpc) is 1.89. The Bertz CT molecular complexity index is 101. The van der Waals surface area contributed by atoms with Gasteiger partial charge in [-0.3, -0.25) is 0 Å². The Kier molecular flexibility index (Phi) is 2.25. The van der Waals surface area contributed by atoms with E-state index in [9.17, 15) is 5.11 Å². The van der Waals surface area contributed by atoms with Crippen molar-refractivity contribution in [2.75, 3.05) is 6.61 Å². The number of hydrogen-bond acceptors (Lipinski definition) is 2. The normalized spacial score (nSPS) is 36.1. The van der Waals surface area contributed by atoms with Gasteiger partial charge in [0.2, 0.25) is 0 Å². The predicted molar refractivity (Wildman–Crippen MR) is 35.2 cm³/mol. The summed E-state index contributed by atoms with van der Waals surface area (Å²) >= 11 is 0. The van der Waals surface area contributed by atoms with Crippen molar-refractivity contribution in [2.24, 2.45) is 0 Å². The van der Waals surface area contributed by atoms with Crippen LogP contribution < -0.4 is 0 Å². The van der Waals surface area contributed by atoms with E-state index in [4.69, 9.17) is 4.74 Å². The van der Waals surface area contributed by atoms with Crippen LogP contribution in [-0.2, 0) is 4.74 Å². The van der Waals surface area contributed by atoms with Gasteiger partial charge < -0.3 is 9.84 Å². The number of aliphatic hydroxyl groups is 1. The van der Waals surface area contributed by atoms with Crippen molar-refractivity contribution in [3.63, 3.8) is 0 Å². The molecule has 2 atom stereocenters. The zero-order valence-corrected chi connectivity index (χ0v) is 5.42. The SMILES string of the molecule is C=C[C@H]1OCCC[C@@H]1O. The van der Waals surface area contributed by atoms with Crippen LogP contribution in [0.15, 0.2) is 12.7 Å². The number of hydrogen-bond donors (Lipinski definition) is 1. The van der Waals surface area contributed by atoms with Crippen molar-refractivity contribution >= 4 is 0 Å². The first-order chi connectivity index (χ1) is 4.34. The quantitative estimate of drug-likeness (QED) is 0.527. The summed E-state index contributed by atoms with van der Waals surface area (Å²) in [7, 11) is 0. The van der Waals surface area contributed by atoms with E-state index < -0.39 is 0 Å². The van der Waals surface area contributed by atoms with Crippen molar-refractivity contribution in [2.45, 2.75) is 25.0 Å². The maximum absolute atomic E-state index is 9.17. The molecule has 52 valence electrons. The summed E-state index contributed by atoms with van der Waals surface area (Å²) in [6.07, 6.45) is 3.02. The van der Waals surface area contributed by atoms with E-state index >= 15 is 0 Å². The van der Waals surface area contributed by atoms with Crippen molar-refractivity contribution < 1.29 is 9.84 Å². The van der Waals surface area contributed by atoms with Crippen LogP contribution in [0.4, 0.5) is 0 Å². The first-order valence-electron chi connectivity index (χ1n) is 3.27. The van der Waals surface area contributed by atoms with E-state index in [0.29, 0.717) is 0 Å². The third-order valence-electron chi connectivity index (χ3n) is 1.57. The maximum Gasteiger partial charge on any atom is 0.101 e. The third-order valence-corrected chi connectivity index (χ3v) is 1.57. The van der Waals surface area contributed by atoms with Gasteiger partial charge in [-0.1, -0.05) is 6.08 Å². The number of aliphatic hydroxyl groups excluding tert-OH is 1. The Labute approximate surface area is 55.1 Å². The van der Waals surface area contributed by atoms with Crippen LogP contribution in [-0.4, -0.2) is 23.9 Å². The second kappa shape index (κ2) is 2.99. The van der Waals surface area contributed by atoms with Crippen molar-refractivity contribution in [3.05, 3.63) is 12.7 Å². The molecule has 9 heavy (non-hydrogen) atoms. The second-order valence-electron chi connectivity index (χ2n) is 2.28. The van der Waals surface area contributed by atoms with Gasteiger partial charge in [0.05, 0.1) is 6.10 Å². The molecule has 0 unspecified atom stereocenters. The molecule has 0 aliphatic carbocycles. The van der Waals surface area contributed by atoms with Crippen LogP contribution in [0.1, 0.15) is 12.8 Å². The summed E-state index contributed by atoms with van der Waals surface area (Å²) in [5, 5.41) is 9.17. The van der Waals surface area contributed by atoms with Gasteiger partial charge in [0.25, 0.3) is 0 Å². The molecule has 0 amide bonds. The van der Waals surface area contributed by atoms with E-state index in [0.717, 1.165) is 19.4 Å². The lowest BCUT2D eigenvalue weighted by Gasteiger charge is -2.24. The van der Waals surface area contributed by atoms with Gasteiger partial charge in [0.15, 0.2) is 0 Å². The van der Waals surface area contributed by atoms with Crippen LogP contribution in [0, 0.1) is 0 Å². The van der Waals surface area contributed by atoms with Crippen LogP contribution in [0.5, 0.6) is 0 Å². The van der Waals surface area contributed by atoms with Gasteiger partial charge >= 0.3 is 0 Å². The third kappa shape index (κ3) is 1.53. The van der Waals surface area contributed by atoms with Gasteiger partial charge in [-0.15, -0.1) is 6.58 Å². The highest BCUT2D eigenvalue weighted by molar-refractivity contribution is 4.87. The molecule has 1 fully saturated rings. The molecule has 0 aromatic rings. The largest absolute Gasteiger partial charge is 0.390 e.